The van der Waals surface area contributed by atoms with Crippen molar-refractivity contribution in [2.24, 2.45) is 0 Å². The van der Waals surface area contributed by atoms with Crippen molar-refractivity contribution in [2.75, 3.05) is 12.8 Å². The number of carbonyl (C=O) groups is 1. The van der Waals surface area contributed by atoms with E-state index in [1.807, 2.05) is 19.1 Å². The van der Waals surface area contributed by atoms with Gasteiger partial charge in [-0.05, 0) is 36.2 Å². The largest absolute Gasteiger partial charge is 0.465 e. The van der Waals surface area contributed by atoms with Crippen molar-refractivity contribution in [3.8, 4) is 11.3 Å². The summed E-state index contributed by atoms with van der Waals surface area (Å²) in [4.78, 5) is 14.4. The Bertz CT molecular complexity index is 605. The predicted molar refractivity (Wildman–Crippen MR) is 71.7 cm³/mol. The highest BCUT2D eigenvalue weighted by Gasteiger charge is 2.14. The van der Waals surface area contributed by atoms with Gasteiger partial charge in [0.2, 0.25) is 0 Å². The van der Waals surface area contributed by atoms with Crippen LogP contribution in [-0.2, 0) is 4.74 Å². The van der Waals surface area contributed by atoms with Crippen LogP contribution in [0.5, 0.6) is 0 Å². The second-order valence-corrected chi connectivity index (χ2v) is 4.37. The van der Waals surface area contributed by atoms with Gasteiger partial charge in [0.05, 0.1) is 7.11 Å². The number of methoxy groups -OCH3 is 1. The fourth-order valence-electron chi connectivity index (χ4n) is 1.72. The number of ether oxygens (including phenoxy) is 1. The van der Waals surface area contributed by atoms with E-state index in [-0.39, 0.29) is 0 Å². The number of halogens is 1. The first-order chi connectivity index (χ1) is 8.52. The van der Waals surface area contributed by atoms with Gasteiger partial charge in [-0.1, -0.05) is 17.7 Å². The highest BCUT2D eigenvalue weighted by molar-refractivity contribution is 6.31. The Balaban J connectivity index is 2.45. The number of nitrogen functional groups attached to an aromatic ring is 1. The number of hydrogen-bond acceptors (Lipinski definition) is 3. The van der Waals surface area contributed by atoms with E-state index >= 15 is 0 Å². The van der Waals surface area contributed by atoms with E-state index in [9.17, 15) is 4.79 Å². The van der Waals surface area contributed by atoms with Gasteiger partial charge in [0.25, 0.3) is 0 Å². The number of H-pyrrole nitrogens is 1. The molecule has 3 N–H and O–H groups in total. The zero-order chi connectivity index (χ0) is 13.3. The Morgan fingerprint density at radius 2 is 2.11 bits per heavy atom. The standard InChI is InChI=1S/C13H13ClN2O2/c1-7-5-8(3-4-10(7)14)11-6-9(12(15)16-11)13(17)18-2/h3-6,16H,15H2,1-2H3. The van der Waals surface area contributed by atoms with Gasteiger partial charge in [-0.15, -0.1) is 0 Å². The summed E-state index contributed by atoms with van der Waals surface area (Å²) >= 11 is 5.97. The first-order valence-corrected chi connectivity index (χ1v) is 5.74. The van der Waals surface area contributed by atoms with Crippen LogP contribution in [0.15, 0.2) is 24.3 Å². The topological polar surface area (TPSA) is 68.1 Å². The molecule has 0 spiro atoms. The molecule has 2 rings (SSSR count). The molecule has 0 aliphatic rings. The van der Waals surface area contributed by atoms with E-state index in [2.05, 4.69) is 9.72 Å². The van der Waals surface area contributed by atoms with Gasteiger partial charge in [0.1, 0.15) is 11.4 Å². The number of hydrogen-bond donors (Lipinski definition) is 2. The normalized spacial score (nSPS) is 10.4. The number of aromatic amines is 1. The Hall–Kier alpha value is -1.94. The Labute approximate surface area is 110 Å². The van der Waals surface area contributed by atoms with Gasteiger partial charge in [-0.25, -0.2) is 4.79 Å². The molecule has 0 fully saturated rings. The second kappa shape index (κ2) is 4.74. The van der Waals surface area contributed by atoms with Crippen LogP contribution in [0.4, 0.5) is 5.82 Å². The minimum Gasteiger partial charge on any atom is -0.465 e. The highest BCUT2D eigenvalue weighted by Crippen LogP contribution is 2.27. The molecular weight excluding hydrogens is 252 g/mol. The van der Waals surface area contributed by atoms with Crippen molar-refractivity contribution < 1.29 is 9.53 Å². The van der Waals surface area contributed by atoms with E-state index in [4.69, 9.17) is 17.3 Å². The van der Waals surface area contributed by atoms with Gasteiger partial charge in [-0.2, -0.15) is 0 Å². The highest BCUT2D eigenvalue weighted by atomic mass is 35.5. The fraction of sp³-hybridized carbons (Fsp3) is 0.154. The van der Waals surface area contributed by atoms with Crippen LogP contribution in [0.2, 0.25) is 5.02 Å². The summed E-state index contributed by atoms with van der Waals surface area (Å²) < 4.78 is 4.65. The molecule has 4 nitrogen and oxygen atoms in total. The zero-order valence-electron chi connectivity index (χ0n) is 10.1. The smallest absolute Gasteiger partial charge is 0.341 e. The van der Waals surface area contributed by atoms with Crippen molar-refractivity contribution in [3.05, 3.63) is 40.4 Å². The molecule has 0 saturated heterocycles. The number of anilines is 1. The van der Waals surface area contributed by atoms with Gasteiger partial charge < -0.3 is 15.5 Å². The lowest BCUT2D eigenvalue weighted by Crippen LogP contribution is -2.02. The van der Waals surface area contributed by atoms with E-state index in [0.717, 1.165) is 16.8 Å². The van der Waals surface area contributed by atoms with Crippen LogP contribution in [-0.4, -0.2) is 18.1 Å². The summed E-state index contributed by atoms with van der Waals surface area (Å²) in [6.07, 6.45) is 0. The molecule has 0 bridgehead atoms. The quantitative estimate of drug-likeness (QED) is 0.820. The van der Waals surface area contributed by atoms with Crippen LogP contribution in [0.25, 0.3) is 11.3 Å². The summed E-state index contributed by atoms with van der Waals surface area (Å²) in [5, 5.41) is 0.700. The molecule has 0 saturated carbocycles. The number of carbonyl (C=O) groups excluding carboxylic acids is 1. The van der Waals surface area contributed by atoms with Gasteiger partial charge in [0, 0.05) is 10.7 Å². The first kappa shape index (κ1) is 12.5. The summed E-state index contributed by atoms with van der Waals surface area (Å²) in [5.41, 5.74) is 8.71. The van der Waals surface area contributed by atoms with Crippen LogP contribution >= 0.6 is 11.6 Å². The van der Waals surface area contributed by atoms with E-state index in [0.29, 0.717) is 16.4 Å². The summed E-state index contributed by atoms with van der Waals surface area (Å²) in [6.45, 7) is 1.92. The first-order valence-electron chi connectivity index (χ1n) is 5.36. The average molecular weight is 265 g/mol. The number of aromatic nitrogens is 1. The molecule has 1 aromatic carbocycles. The van der Waals surface area contributed by atoms with E-state index in [1.165, 1.54) is 7.11 Å². The summed E-state index contributed by atoms with van der Waals surface area (Å²) in [7, 11) is 1.32. The molecule has 18 heavy (non-hydrogen) atoms. The number of rotatable bonds is 2. The molecule has 2 aromatic rings. The Kier molecular flexibility index (Phi) is 3.30. The fourth-order valence-corrected chi connectivity index (χ4v) is 1.83. The third-order valence-corrected chi connectivity index (χ3v) is 3.15. The minimum atomic E-state index is -0.458. The number of aryl methyl sites for hydroxylation is 1. The lowest BCUT2D eigenvalue weighted by Gasteiger charge is -2.01. The maximum Gasteiger partial charge on any atom is 0.341 e. The molecule has 5 heteroatoms. The molecule has 1 heterocycles. The number of nitrogens with two attached hydrogens (primary N) is 1. The van der Waals surface area contributed by atoms with Gasteiger partial charge in [0.15, 0.2) is 0 Å². The third kappa shape index (κ3) is 2.19. The molecule has 0 amide bonds. The number of benzene rings is 1. The lowest BCUT2D eigenvalue weighted by molar-refractivity contribution is 0.0602. The lowest BCUT2D eigenvalue weighted by atomic mass is 10.1. The summed E-state index contributed by atoms with van der Waals surface area (Å²) in [6, 6.07) is 7.27. The molecule has 0 aliphatic carbocycles. The van der Waals surface area contributed by atoms with Gasteiger partial charge in [-0.3, -0.25) is 0 Å². The number of nitrogens with one attached hydrogen (secondary N) is 1. The van der Waals surface area contributed by atoms with E-state index < -0.39 is 5.97 Å². The monoisotopic (exact) mass is 264 g/mol. The summed E-state index contributed by atoms with van der Waals surface area (Å²) in [5.74, 6) is -0.162. The minimum absolute atomic E-state index is 0.296. The SMILES string of the molecule is COC(=O)c1cc(-c2ccc(Cl)c(C)c2)[nH]c1N. The van der Waals surface area contributed by atoms with Crippen molar-refractivity contribution >= 4 is 23.4 Å². The molecule has 94 valence electrons. The molecule has 0 aliphatic heterocycles. The van der Waals surface area contributed by atoms with Crippen molar-refractivity contribution in [1.29, 1.82) is 0 Å². The molecule has 0 unspecified atom stereocenters. The number of esters is 1. The molecule has 0 atom stereocenters. The molecule has 0 radical (unpaired) electrons. The zero-order valence-corrected chi connectivity index (χ0v) is 10.8. The maximum absolute atomic E-state index is 11.5. The van der Waals surface area contributed by atoms with Crippen molar-refractivity contribution in [1.82, 2.24) is 4.98 Å². The Morgan fingerprint density at radius 1 is 1.39 bits per heavy atom. The average Bonchev–Trinajstić information content (AvgIpc) is 2.74. The van der Waals surface area contributed by atoms with Crippen LogP contribution in [0.1, 0.15) is 15.9 Å². The third-order valence-electron chi connectivity index (χ3n) is 2.72. The maximum atomic E-state index is 11.5. The van der Waals surface area contributed by atoms with Crippen molar-refractivity contribution in [3.63, 3.8) is 0 Å². The predicted octanol–water partition coefficient (Wildman–Crippen LogP) is 3.01. The van der Waals surface area contributed by atoms with Gasteiger partial charge >= 0.3 is 5.97 Å². The molecular formula is C13H13ClN2O2. The molecule has 1 aromatic heterocycles. The Morgan fingerprint density at radius 3 is 2.72 bits per heavy atom. The second-order valence-electron chi connectivity index (χ2n) is 3.97. The van der Waals surface area contributed by atoms with Crippen molar-refractivity contribution in [2.45, 2.75) is 6.92 Å². The van der Waals surface area contributed by atoms with Crippen LogP contribution in [0, 0.1) is 6.92 Å². The van der Waals surface area contributed by atoms with E-state index in [1.54, 1.807) is 12.1 Å². The van der Waals surface area contributed by atoms with Crippen LogP contribution in [0.3, 0.4) is 0 Å². The van der Waals surface area contributed by atoms with Crippen LogP contribution < -0.4 is 5.73 Å².